The van der Waals surface area contributed by atoms with Crippen molar-refractivity contribution >= 4 is 17.4 Å². The second-order valence-corrected chi connectivity index (χ2v) is 6.44. The first kappa shape index (κ1) is 19.7. The number of hydrogen-bond donors (Lipinski definition) is 2. The largest absolute Gasteiger partial charge is 0.454 e. The fraction of sp³-hybridized carbons (Fsp3) is 0.400. The van der Waals surface area contributed by atoms with Gasteiger partial charge in [-0.1, -0.05) is 12.1 Å². The van der Waals surface area contributed by atoms with E-state index in [9.17, 15) is 9.59 Å². The lowest BCUT2D eigenvalue weighted by molar-refractivity contribution is 0.0475. The van der Waals surface area contributed by atoms with Gasteiger partial charge in [0.2, 0.25) is 5.78 Å². The first-order valence-corrected chi connectivity index (χ1v) is 8.69. The number of hydrogen-bond acceptors (Lipinski definition) is 5. The molecule has 0 saturated heterocycles. The van der Waals surface area contributed by atoms with E-state index in [2.05, 4.69) is 23.7 Å². The van der Waals surface area contributed by atoms with E-state index in [1.165, 1.54) is 0 Å². The number of carbonyl (C=O) groups is 2. The minimum Gasteiger partial charge on any atom is -0.454 e. The third-order valence-electron chi connectivity index (χ3n) is 4.21. The fourth-order valence-corrected chi connectivity index (χ4v) is 3.15. The maximum atomic E-state index is 12.5. The lowest BCUT2D eigenvalue weighted by Gasteiger charge is -2.13. The molecule has 1 heterocycles. The molecular formula is C20H26N2O4. The molecule has 6 heteroatoms. The molecule has 0 atom stereocenters. The highest BCUT2D eigenvalue weighted by Crippen LogP contribution is 2.21. The molecule has 0 aliphatic carbocycles. The van der Waals surface area contributed by atoms with E-state index in [-0.39, 0.29) is 25.0 Å². The number of esters is 1. The molecule has 0 aliphatic heterocycles. The maximum absolute atomic E-state index is 12.5. The smallest absolute Gasteiger partial charge is 0.340 e. The molecule has 1 aromatic carbocycles. The highest BCUT2D eigenvalue weighted by molar-refractivity contribution is 6.01. The number of nitrogens with zero attached hydrogens (tertiary/aromatic N) is 1. The summed E-state index contributed by atoms with van der Waals surface area (Å²) in [7, 11) is 0. The van der Waals surface area contributed by atoms with Gasteiger partial charge in [-0.25, -0.2) is 4.79 Å². The molecule has 2 N–H and O–H groups in total. The van der Waals surface area contributed by atoms with Gasteiger partial charge in [0.05, 0.1) is 12.2 Å². The van der Waals surface area contributed by atoms with Crippen molar-refractivity contribution < 1.29 is 19.4 Å². The van der Waals surface area contributed by atoms with Crippen molar-refractivity contribution in [2.24, 2.45) is 0 Å². The quantitative estimate of drug-likeness (QED) is 0.560. The van der Waals surface area contributed by atoms with Crippen LogP contribution in [0, 0.1) is 13.8 Å². The molecule has 0 fully saturated rings. The van der Waals surface area contributed by atoms with Gasteiger partial charge in [0.15, 0.2) is 6.61 Å². The Balaban J connectivity index is 2.09. The Morgan fingerprint density at radius 3 is 2.50 bits per heavy atom. The lowest BCUT2D eigenvalue weighted by Crippen LogP contribution is -2.17. The van der Waals surface area contributed by atoms with E-state index in [1.54, 1.807) is 24.3 Å². The van der Waals surface area contributed by atoms with Crippen LogP contribution in [0.2, 0.25) is 0 Å². The molecule has 0 saturated carbocycles. The number of benzene rings is 1. The number of aliphatic hydroxyl groups is 1. The lowest BCUT2D eigenvalue weighted by atomic mass is 10.1. The van der Waals surface area contributed by atoms with Crippen LogP contribution in [-0.4, -0.2) is 41.2 Å². The van der Waals surface area contributed by atoms with Crippen molar-refractivity contribution in [3.05, 3.63) is 52.8 Å². The number of aliphatic hydroxyl groups excluding tert-OH is 1. The van der Waals surface area contributed by atoms with E-state index in [4.69, 9.17) is 9.84 Å². The van der Waals surface area contributed by atoms with E-state index in [0.717, 1.165) is 11.4 Å². The van der Waals surface area contributed by atoms with Crippen molar-refractivity contribution in [1.82, 2.24) is 4.57 Å². The summed E-state index contributed by atoms with van der Waals surface area (Å²) in [5.41, 5.74) is 3.36. The van der Waals surface area contributed by atoms with E-state index < -0.39 is 5.97 Å². The average Bonchev–Trinajstić information content (AvgIpc) is 2.92. The molecular weight excluding hydrogens is 332 g/mol. The van der Waals surface area contributed by atoms with Crippen LogP contribution < -0.4 is 5.32 Å². The van der Waals surface area contributed by atoms with Gasteiger partial charge in [-0.15, -0.1) is 0 Å². The fourth-order valence-electron chi connectivity index (χ4n) is 3.15. The topological polar surface area (TPSA) is 80.6 Å². The Bertz CT molecular complexity index is 793. The van der Waals surface area contributed by atoms with Crippen LogP contribution in [0.3, 0.4) is 0 Å². The number of para-hydroxylation sites is 1. The average molecular weight is 358 g/mol. The zero-order chi connectivity index (χ0) is 19.3. The molecule has 1 aromatic heterocycles. The van der Waals surface area contributed by atoms with Crippen LogP contribution in [0.4, 0.5) is 5.69 Å². The maximum Gasteiger partial charge on any atom is 0.340 e. The molecule has 6 nitrogen and oxygen atoms in total. The number of anilines is 1. The molecule has 0 aliphatic rings. The second-order valence-electron chi connectivity index (χ2n) is 6.44. The third kappa shape index (κ3) is 4.32. The first-order valence-electron chi connectivity index (χ1n) is 8.69. The molecule has 0 radical (unpaired) electrons. The number of nitrogens with one attached hydrogen (secondary N) is 1. The summed E-state index contributed by atoms with van der Waals surface area (Å²) in [6, 6.07) is 8.94. The Morgan fingerprint density at radius 1 is 1.19 bits per heavy atom. The van der Waals surface area contributed by atoms with Crippen molar-refractivity contribution in [3.63, 3.8) is 0 Å². The molecule has 0 bridgehead atoms. The van der Waals surface area contributed by atoms with Crippen molar-refractivity contribution in [2.45, 2.75) is 33.7 Å². The number of rotatable bonds is 8. The molecule has 0 amide bonds. The van der Waals surface area contributed by atoms with Crippen molar-refractivity contribution in [3.8, 4) is 0 Å². The van der Waals surface area contributed by atoms with Gasteiger partial charge in [-0.2, -0.15) is 0 Å². The first-order chi connectivity index (χ1) is 12.4. The summed E-state index contributed by atoms with van der Waals surface area (Å²) >= 11 is 0. The van der Waals surface area contributed by atoms with E-state index in [0.29, 0.717) is 23.4 Å². The summed E-state index contributed by atoms with van der Waals surface area (Å²) in [6.07, 6.45) is 0. The van der Waals surface area contributed by atoms with Gasteiger partial charge < -0.3 is 19.7 Å². The number of carbonyl (C=O) groups excluding carboxylic acids is 2. The van der Waals surface area contributed by atoms with Gasteiger partial charge in [0, 0.05) is 35.2 Å². The van der Waals surface area contributed by atoms with Crippen molar-refractivity contribution in [2.75, 3.05) is 25.1 Å². The predicted octanol–water partition coefficient (Wildman–Crippen LogP) is 3.13. The SMILES string of the molecule is Cc1cc(C(=O)COC(=O)c2ccccc2NCCO)c(C)n1C(C)C. The summed E-state index contributed by atoms with van der Waals surface area (Å²) in [5, 5.41) is 11.9. The monoisotopic (exact) mass is 358 g/mol. The molecule has 0 unspecified atom stereocenters. The van der Waals surface area contributed by atoms with E-state index in [1.807, 2.05) is 19.9 Å². The normalized spacial score (nSPS) is 10.8. The molecule has 140 valence electrons. The Kier molecular flexibility index (Phi) is 6.58. The standard InChI is InChI=1S/C20H26N2O4/c1-13(2)22-14(3)11-17(15(22)4)19(24)12-26-20(25)16-7-5-6-8-18(16)21-9-10-23/h5-8,11,13,21,23H,9-10,12H2,1-4H3. The molecule has 26 heavy (non-hydrogen) atoms. The summed E-state index contributed by atoms with van der Waals surface area (Å²) in [5.74, 6) is -0.795. The van der Waals surface area contributed by atoms with Crippen LogP contribution in [-0.2, 0) is 4.74 Å². The van der Waals surface area contributed by atoms with Crippen LogP contribution in [0.15, 0.2) is 30.3 Å². The minimum atomic E-state index is -0.572. The number of ketones is 1. The zero-order valence-corrected chi connectivity index (χ0v) is 15.7. The third-order valence-corrected chi connectivity index (χ3v) is 4.21. The van der Waals surface area contributed by atoms with Gasteiger partial charge in [0.25, 0.3) is 0 Å². The van der Waals surface area contributed by atoms with Crippen LogP contribution in [0.25, 0.3) is 0 Å². The summed E-state index contributed by atoms with van der Waals surface area (Å²) in [6.45, 7) is 7.94. The van der Waals surface area contributed by atoms with Crippen LogP contribution in [0.1, 0.15) is 52.0 Å². The number of aryl methyl sites for hydroxylation is 1. The van der Waals surface area contributed by atoms with Gasteiger partial charge in [-0.3, -0.25) is 4.79 Å². The number of aromatic nitrogens is 1. The van der Waals surface area contributed by atoms with Crippen molar-refractivity contribution in [1.29, 1.82) is 0 Å². The minimum absolute atomic E-state index is 0.0483. The summed E-state index contributed by atoms with van der Waals surface area (Å²) < 4.78 is 7.32. The Morgan fingerprint density at radius 2 is 1.88 bits per heavy atom. The predicted molar refractivity (Wildman–Crippen MR) is 101 cm³/mol. The molecule has 2 aromatic rings. The van der Waals surface area contributed by atoms with Crippen LogP contribution >= 0.6 is 0 Å². The Labute approximate surface area is 153 Å². The Hall–Kier alpha value is -2.60. The molecule has 0 spiro atoms. The van der Waals surface area contributed by atoms with Gasteiger partial charge in [-0.05, 0) is 45.9 Å². The highest BCUT2D eigenvalue weighted by atomic mass is 16.5. The second kappa shape index (κ2) is 8.67. The van der Waals surface area contributed by atoms with Crippen LogP contribution in [0.5, 0.6) is 0 Å². The molecule has 2 rings (SSSR count). The van der Waals surface area contributed by atoms with E-state index >= 15 is 0 Å². The summed E-state index contributed by atoms with van der Waals surface area (Å²) in [4.78, 5) is 24.9. The number of Topliss-reactive ketones (excluding diaryl/α,β-unsaturated/α-hetero) is 1. The highest BCUT2D eigenvalue weighted by Gasteiger charge is 2.19. The van der Waals surface area contributed by atoms with Gasteiger partial charge >= 0.3 is 5.97 Å². The van der Waals surface area contributed by atoms with Gasteiger partial charge in [0.1, 0.15) is 0 Å². The number of ether oxygens (including phenoxy) is 1. The zero-order valence-electron chi connectivity index (χ0n) is 15.7.